The summed E-state index contributed by atoms with van der Waals surface area (Å²) >= 11 is 8.69. The second-order valence-corrected chi connectivity index (χ2v) is 4.06. The maximum Gasteiger partial charge on any atom is 0.239 e. The van der Waals surface area contributed by atoms with Gasteiger partial charge in [-0.15, -0.1) is 11.6 Å². The Labute approximate surface area is 109 Å². The maximum atomic E-state index is 11.0. The Morgan fingerprint density at radius 1 is 1.38 bits per heavy atom. The first kappa shape index (κ1) is 13.1. The molecule has 0 radical (unpaired) electrons. The van der Waals surface area contributed by atoms with Gasteiger partial charge in [-0.3, -0.25) is 4.79 Å². The molecule has 0 atom stereocenters. The van der Waals surface area contributed by atoms with Crippen LogP contribution in [0.1, 0.15) is 12.0 Å². The lowest BCUT2D eigenvalue weighted by atomic mass is 10.2. The largest absolute Gasteiger partial charge is 0.325 e. The van der Waals surface area contributed by atoms with Crippen molar-refractivity contribution in [3.63, 3.8) is 0 Å². The van der Waals surface area contributed by atoms with Crippen LogP contribution in [0.25, 0.3) is 0 Å². The van der Waals surface area contributed by atoms with Crippen molar-refractivity contribution in [2.24, 2.45) is 0 Å². The van der Waals surface area contributed by atoms with Gasteiger partial charge in [0.2, 0.25) is 5.91 Å². The topological polar surface area (TPSA) is 29.1 Å². The molecule has 84 valence electrons. The summed E-state index contributed by atoms with van der Waals surface area (Å²) in [4.78, 5) is 11.0. The van der Waals surface area contributed by atoms with E-state index in [2.05, 4.69) is 33.1 Å². The summed E-state index contributed by atoms with van der Waals surface area (Å²) in [6.07, 6.45) is 0.824. The van der Waals surface area contributed by atoms with Crippen molar-refractivity contribution in [1.82, 2.24) is 0 Å². The predicted octanol–water partition coefficient (Wildman–Crippen LogP) is 3.00. The molecule has 2 nitrogen and oxygen atoms in total. The van der Waals surface area contributed by atoms with Gasteiger partial charge in [0.25, 0.3) is 0 Å². The molecular formula is C12H11BrClNO. The number of carbonyl (C=O) groups excluding carboxylic acids is 1. The Morgan fingerprint density at radius 2 is 2.06 bits per heavy atom. The number of hydrogen-bond donors (Lipinski definition) is 1. The van der Waals surface area contributed by atoms with Crippen molar-refractivity contribution in [2.75, 3.05) is 16.5 Å². The van der Waals surface area contributed by atoms with Crippen LogP contribution < -0.4 is 5.32 Å². The van der Waals surface area contributed by atoms with Gasteiger partial charge in [0.05, 0.1) is 0 Å². The lowest BCUT2D eigenvalue weighted by Gasteiger charge is -2.01. The van der Waals surface area contributed by atoms with Crippen molar-refractivity contribution in [3.05, 3.63) is 29.8 Å². The fourth-order valence-corrected chi connectivity index (χ4v) is 1.31. The number of rotatable bonds is 3. The fraction of sp³-hybridized carbons (Fsp3) is 0.250. The van der Waals surface area contributed by atoms with Gasteiger partial charge in [-0.1, -0.05) is 27.8 Å². The number of halogens is 2. The van der Waals surface area contributed by atoms with Crippen molar-refractivity contribution >= 4 is 39.1 Å². The zero-order chi connectivity index (χ0) is 11.8. The van der Waals surface area contributed by atoms with Crippen LogP contribution in [0.15, 0.2) is 24.3 Å². The lowest BCUT2D eigenvalue weighted by Crippen LogP contribution is -2.12. The van der Waals surface area contributed by atoms with Crippen molar-refractivity contribution < 1.29 is 4.79 Å². The van der Waals surface area contributed by atoms with E-state index in [0.29, 0.717) is 0 Å². The van der Waals surface area contributed by atoms with Crippen LogP contribution >= 0.6 is 27.5 Å². The van der Waals surface area contributed by atoms with Crippen molar-refractivity contribution in [1.29, 1.82) is 0 Å². The van der Waals surface area contributed by atoms with Gasteiger partial charge in [0.15, 0.2) is 0 Å². The van der Waals surface area contributed by atoms with Crippen LogP contribution in [-0.4, -0.2) is 17.1 Å². The summed E-state index contributed by atoms with van der Waals surface area (Å²) in [5, 5.41) is 3.54. The van der Waals surface area contributed by atoms with Gasteiger partial charge < -0.3 is 5.32 Å². The number of carbonyl (C=O) groups is 1. The van der Waals surface area contributed by atoms with Crippen molar-refractivity contribution in [3.8, 4) is 11.8 Å². The highest BCUT2D eigenvalue weighted by atomic mass is 79.9. The third kappa shape index (κ3) is 4.69. The smallest absolute Gasteiger partial charge is 0.239 e. The Hall–Kier alpha value is -0.980. The van der Waals surface area contributed by atoms with Gasteiger partial charge in [-0.2, -0.15) is 0 Å². The molecule has 0 aliphatic rings. The van der Waals surface area contributed by atoms with Crippen LogP contribution in [0, 0.1) is 11.8 Å². The fourth-order valence-electron chi connectivity index (χ4n) is 1.04. The highest BCUT2D eigenvalue weighted by Crippen LogP contribution is 2.08. The minimum Gasteiger partial charge on any atom is -0.325 e. The molecule has 1 aromatic rings. The van der Waals surface area contributed by atoms with Gasteiger partial charge in [0, 0.05) is 23.0 Å². The molecule has 0 saturated carbocycles. The number of nitrogens with one attached hydrogen (secondary N) is 1. The predicted molar refractivity (Wildman–Crippen MR) is 71.1 cm³/mol. The Morgan fingerprint density at radius 3 is 2.62 bits per heavy atom. The van der Waals surface area contributed by atoms with Crippen LogP contribution in [0.3, 0.4) is 0 Å². The number of alkyl halides is 2. The molecule has 1 aromatic carbocycles. The molecule has 0 bridgehead atoms. The van der Waals surface area contributed by atoms with Crippen molar-refractivity contribution in [2.45, 2.75) is 6.42 Å². The average Bonchev–Trinajstić information content (AvgIpc) is 2.31. The summed E-state index contributed by atoms with van der Waals surface area (Å²) in [5.41, 5.74) is 1.67. The van der Waals surface area contributed by atoms with Gasteiger partial charge >= 0.3 is 0 Å². The summed E-state index contributed by atoms with van der Waals surface area (Å²) < 4.78 is 0. The summed E-state index contributed by atoms with van der Waals surface area (Å²) in [7, 11) is 0. The number of benzene rings is 1. The Balaban J connectivity index is 2.62. The molecule has 0 saturated heterocycles. The molecule has 0 unspecified atom stereocenters. The zero-order valence-corrected chi connectivity index (χ0v) is 10.9. The quantitative estimate of drug-likeness (QED) is 0.675. The monoisotopic (exact) mass is 299 g/mol. The van der Waals surface area contributed by atoms with Crippen LogP contribution in [0.5, 0.6) is 0 Å². The summed E-state index contributed by atoms with van der Waals surface area (Å²) in [6.45, 7) is 0. The Bertz CT molecular complexity index is 405. The Kier molecular flexibility index (Phi) is 5.99. The van der Waals surface area contributed by atoms with E-state index < -0.39 is 0 Å². The molecular weight excluding hydrogens is 289 g/mol. The minimum atomic E-state index is -0.209. The van der Waals surface area contributed by atoms with Crippen LogP contribution in [0.2, 0.25) is 0 Å². The maximum absolute atomic E-state index is 11.0. The van der Waals surface area contributed by atoms with Crippen LogP contribution in [-0.2, 0) is 4.79 Å². The standard InChI is InChI=1S/C12H11BrClNO/c13-8-2-1-3-10-4-6-11(7-5-10)15-12(16)9-14/h4-7H,2,8-9H2,(H,15,16). The molecule has 0 aliphatic carbocycles. The first-order valence-corrected chi connectivity index (χ1v) is 6.42. The number of hydrogen-bond acceptors (Lipinski definition) is 1. The SMILES string of the molecule is O=C(CCl)Nc1ccc(C#CCCBr)cc1. The molecule has 0 aliphatic heterocycles. The molecule has 1 amide bonds. The van der Waals surface area contributed by atoms with Gasteiger partial charge in [-0.05, 0) is 24.3 Å². The molecule has 16 heavy (non-hydrogen) atoms. The molecule has 0 heterocycles. The van der Waals surface area contributed by atoms with E-state index in [0.717, 1.165) is 23.0 Å². The lowest BCUT2D eigenvalue weighted by molar-refractivity contribution is -0.113. The van der Waals surface area contributed by atoms with E-state index in [-0.39, 0.29) is 11.8 Å². The molecule has 0 aromatic heterocycles. The van der Waals surface area contributed by atoms with Gasteiger partial charge in [-0.25, -0.2) is 0 Å². The second-order valence-electron chi connectivity index (χ2n) is 3.00. The number of amides is 1. The van der Waals surface area contributed by atoms with E-state index in [1.807, 2.05) is 24.3 Å². The second kappa shape index (κ2) is 7.32. The number of anilines is 1. The highest BCUT2D eigenvalue weighted by molar-refractivity contribution is 9.09. The molecule has 1 N–H and O–H groups in total. The summed E-state index contributed by atoms with van der Waals surface area (Å²) in [6, 6.07) is 7.35. The molecule has 1 rings (SSSR count). The average molecular weight is 301 g/mol. The highest BCUT2D eigenvalue weighted by Gasteiger charge is 1.98. The zero-order valence-electron chi connectivity index (χ0n) is 8.59. The summed E-state index contributed by atoms with van der Waals surface area (Å²) in [5.74, 6) is 5.80. The molecule has 0 spiro atoms. The van der Waals surface area contributed by atoms with E-state index in [1.165, 1.54) is 0 Å². The first-order valence-electron chi connectivity index (χ1n) is 4.77. The molecule has 0 fully saturated rings. The van der Waals surface area contributed by atoms with Crippen LogP contribution in [0.4, 0.5) is 5.69 Å². The third-order valence-corrected chi connectivity index (χ3v) is 2.38. The first-order chi connectivity index (χ1) is 7.76. The van der Waals surface area contributed by atoms with E-state index in [9.17, 15) is 4.79 Å². The minimum absolute atomic E-state index is 0.0349. The third-order valence-electron chi connectivity index (χ3n) is 1.74. The van der Waals surface area contributed by atoms with E-state index >= 15 is 0 Å². The van der Waals surface area contributed by atoms with E-state index in [1.54, 1.807) is 0 Å². The van der Waals surface area contributed by atoms with Gasteiger partial charge in [0.1, 0.15) is 5.88 Å². The molecule has 4 heteroatoms. The normalized spacial score (nSPS) is 9.12. The van der Waals surface area contributed by atoms with E-state index in [4.69, 9.17) is 11.6 Å².